The van der Waals surface area contributed by atoms with Gasteiger partial charge in [-0.15, -0.1) is 10.2 Å². The van der Waals surface area contributed by atoms with E-state index in [2.05, 4.69) is 33.0 Å². The van der Waals surface area contributed by atoms with Crippen molar-refractivity contribution in [2.45, 2.75) is 33.7 Å². The van der Waals surface area contributed by atoms with Gasteiger partial charge in [0, 0.05) is 11.3 Å². The van der Waals surface area contributed by atoms with E-state index in [0.717, 1.165) is 27.9 Å². The molecule has 8 nitrogen and oxygen atoms in total. The highest BCUT2D eigenvalue weighted by Gasteiger charge is 2.12. The molecule has 2 aromatic carbocycles. The summed E-state index contributed by atoms with van der Waals surface area (Å²) in [5.74, 6) is -0.110. The fraction of sp³-hybridized carbons (Fsp3) is 0.250. The average molecular weight is 378 g/mol. The molecule has 0 aliphatic carbocycles. The van der Waals surface area contributed by atoms with Crippen LogP contribution in [-0.4, -0.2) is 32.1 Å². The molecular weight excluding hydrogens is 356 g/mol. The number of aromatic nitrogens is 4. The van der Waals surface area contributed by atoms with E-state index < -0.39 is 11.9 Å². The Bertz CT molecular complexity index is 994. The summed E-state index contributed by atoms with van der Waals surface area (Å²) in [4.78, 5) is 25.2. The van der Waals surface area contributed by atoms with Crippen LogP contribution in [0.4, 0.5) is 10.5 Å². The highest BCUT2D eigenvalue weighted by atomic mass is 16.2. The maximum absolute atomic E-state index is 12.1. The molecule has 0 atom stereocenters. The van der Waals surface area contributed by atoms with Crippen LogP contribution in [0.1, 0.15) is 23.6 Å². The summed E-state index contributed by atoms with van der Waals surface area (Å²) in [5.41, 5.74) is 4.82. The molecule has 0 radical (unpaired) electrons. The van der Waals surface area contributed by atoms with Crippen LogP contribution in [0.25, 0.3) is 11.4 Å². The lowest BCUT2D eigenvalue weighted by molar-refractivity contribution is -0.120. The standard InChI is InChI=1S/C20H22N6O2/c1-4-15-6-8-16(9-7-15)19-23-25-26(24-19)12-18(27)22-20(28)21-17-10-5-13(2)14(3)11-17/h5-11H,4,12H2,1-3H3,(H2,21,22,27,28). The molecule has 3 aromatic rings. The topological polar surface area (TPSA) is 102 Å². The maximum Gasteiger partial charge on any atom is 0.325 e. The third-order valence-corrected chi connectivity index (χ3v) is 4.38. The molecular formula is C20H22N6O2. The number of nitrogens with zero attached hydrogens (tertiary/aromatic N) is 4. The van der Waals surface area contributed by atoms with E-state index in [1.807, 2.05) is 50.2 Å². The SMILES string of the molecule is CCc1ccc(-c2nnn(CC(=O)NC(=O)Nc3ccc(C)c(C)c3)n2)cc1. The minimum Gasteiger partial charge on any atom is -0.308 e. The van der Waals surface area contributed by atoms with Gasteiger partial charge in [0.05, 0.1) is 0 Å². The largest absolute Gasteiger partial charge is 0.325 e. The summed E-state index contributed by atoms with van der Waals surface area (Å²) >= 11 is 0. The summed E-state index contributed by atoms with van der Waals surface area (Å²) in [7, 11) is 0. The number of nitrogens with one attached hydrogen (secondary N) is 2. The van der Waals surface area contributed by atoms with Gasteiger partial charge in [-0.1, -0.05) is 37.3 Å². The molecule has 0 spiro atoms. The summed E-state index contributed by atoms with van der Waals surface area (Å²) in [6, 6.07) is 12.7. The maximum atomic E-state index is 12.1. The molecule has 0 bridgehead atoms. The molecule has 2 N–H and O–H groups in total. The first kappa shape index (κ1) is 19.2. The van der Waals surface area contributed by atoms with Crippen LogP contribution in [0.5, 0.6) is 0 Å². The van der Waals surface area contributed by atoms with Crippen molar-refractivity contribution in [1.82, 2.24) is 25.5 Å². The molecule has 3 rings (SSSR count). The number of carbonyl (C=O) groups is 2. The van der Waals surface area contributed by atoms with E-state index >= 15 is 0 Å². The van der Waals surface area contributed by atoms with Crippen molar-refractivity contribution >= 4 is 17.6 Å². The summed E-state index contributed by atoms with van der Waals surface area (Å²) in [5, 5.41) is 16.9. The van der Waals surface area contributed by atoms with Crippen molar-refractivity contribution in [2.24, 2.45) is 0 Å². The fourth-order valence-corrected chi connectivity index (χ4v) is 2.59. The zero-order chi connectivity index (χ0) is 20.1. The molecule has 3 amide bonds. The van der Waals surface area contributed by atoms with Crippen LogP contribution in [0.15, 0.2) is 42.5 Å². The molecule has 8 heteroatoms. The van der Waals surface area contributed by atoms with Gasteiger partial charge in [-0.25, -0.2) is 4.79 Å². The molecule has 28 heavy (non-hydrogen) atoms. The minimum atomic E-state index is -0.608. The molecule has 0 saturated carbocycles. The third-order valence-electron chi connectivity index (χ3n) is 4.38. The van der Waals surface area contributed by atoms with E-state index in [1.165, 1.54) is 5.56 Å². The molecule has 0 saturated heterocycles. The Morgan fingerprint density at radius 1 is 1.04 bits per heavy atom. The van der Waals surface area contributed by atoms with Crippen LogP contribution < -0.4 is 10.6 Å². The molecule has 1 heterocycles. The van der Waals surface area contributed by atoms with E-state index in [0.29, 0.717) is 11.5 Å². The monoisotopic (exact) mass is 378 g/mol. The van der Waals surface area contributed by atoms with Crippen molar-refractivity contribution < 1.29 is 9.59 Å². The third kappa shape index (κ3) is 4.79. The second kappa shape index (κ2) is 8.43. The number of urea groups is 1. The van der Waals surface area contributed by atoms with Crippen molar-refractivity contribution in [3.8, 4) is 11.4 Å². The van der Waals surface area contributed by atoms with Crippen LogP contribution in [0, 0.1) is 13.8 Å². The van der Waals surface area contributed by atoms with Gasteiger partial charge in [0.25, 0.3) is 5.91 Å². The fourth-order valence-electron chi connectivity index (χ4n) is 2.59. The molecule has 0 aliphatic rings. The lowest BCUT2D eigenvalue weighted by Crippen LogP contribution is -2.37. The smallest absolute Gasteiger partial charge is 0.308 e. The van der Waals surface area contributed by atoms with Gasteiger partial charge in [0.1, 0.15) is 6.54 Å². The van der Waals surface area contributed by atoms with Crippen LogP contribution in [-0.2, 0) is 17.8 Å². The molecule has 0 unspecified atom stereocenters. The van der Waals surface area contributed by atoms with Gasteiger partial charge >= 0.3 is 6.03 Å². The number of rotatable bonds is 5. The van der Waals surface area contributed by atoms with E-state index in [-0.39, 0.29) is 6.54 Å². The van der Waals surface area contributed by atoms with Gasteiger partial charge in [-0.2, -0.15) is 4.80 Å². The van der Waals surface area contributed by atoms with E-state index in [1.54, 1.807) is 6.07 Å². The van der Waals surface area contributed by atoms with Crippen molar-refractivity contribution in [3.05, 3.63) is 59.2 Å². The van der Waals surface area contributed by atoms with Crippen LogP contribution in [0.3, 0.4) is 0 Å². The molecule has 144 valence electrons. The predicted molar refractivity (Wildman–Crippen MR) is 106 cm³/mol. The van der Waals surface area contributed by atoms with Crippen LogP contribution >= 0.6 is 0 Å². The number of anilines is 1. The Labute approximate surface area is 163 Å². The van der Waals surface area contributed by atoms with Crippen molar-refractivity contribution in [1.29, 1.82) is 0 Å². The van der Waals surface area contributed by atoms with E-state index in [9.17, 15) is 9.59 Å². The van der Waals surface area contributed by atoms with Gasteiger partial charge in [-0.05, 0) is 54.3 Å². The lowest BCUT2D eigenvalue weighted by atomic mass is 10.1. The van der Waals surface area contributed by atoms with Gasteiger partial charge in [0.15, 0.2) is 0 Å². The number of aryl methyl sites for hydroxylation is 3. The summed E-state index contributed by atoms with van der Waals surface area (Å²) in [6.07, 6.45) is 0.949. The number of tetrazole rings is 1. The van der Waals surface area contributed by atoms with E-state index in [4.69, 9.17) is 0 Å². The Kier molecular flexibility index (Phi) is 5.78. The van der Waals surface area contributed by atoms with Gasteiger partial charge in [0.2, 0.25) is 5.82 Å². The number of carbonyl (C=O) groups excluding carboxylic acids is 2. The number of hydrogen-bond acceptors (Lipinski definition) is 5. The molecule has 0 fully saturated rings. The zero-order valence-electron chi connectivity index (χ0n) is 16.1. The zero-order valence-corrected chi connectivity index (χ0v) is 16.1. The quantitative estimate of drug-likeness (QED) is 0.711. The van der Waals surface area contributed by atoms with Gasteiger partial charge < -0.3 is 5.32 Å². The highest BCUT2D eigenvalue weighted by molar-refractivity contribution is 6.01. The Morgan fingerprint density at radius 3 is 2.46 bits per heavy atom. The predicted octanol–water partition coefficient (Wildman–Crippen LogP) is 2.87. The first-order valence-electron chi connectivity index (χ1n) is 9.00. The van der Waals surface area contributed by atoms with Crippen molar-refractivity contribution in [2.75, 3.05) is 5.32 Å². The number of hydrogen-bond donors (Lipinski definition) is 2. The summed E-state index contributed by atoms with van der Waals surface area (Å²) < 4.78 is 0. The molecule has 0 aliphatic heterocycles. The first-order valence-corrected chi connectivity index (χ1v) is 9.00. The first-order chi connectivity index (χ1) is 13.4. The normalized spacial score (nSPS) is 10.5. The highest BCUT2D eigenvalue weighted by Crippen LogP contribution is 2.15. The minimum absolute atomic E-state index is 0.208. The van der Waals surface area contributed by atoms with Crippen molar-refractivity contribution in [3.63, 3.8) is 0 Å². The Hall–Kier alpha value is -3.55. The number of benzene rings is 2. The summed E-state index contributed by atoms with van der Waals surface area (Å²) in [6.45, 7) is 5.81. The van der Waals surface area contributed by atoms with Crippen LogP contribution in [0.2, 0.25) is 0 Å². The second-order valence-electron chi connectivity index (χ2n) is 6.50. The molecule has 1 aromatic heterocycles. The number of amides is 3. The van der Waals surface area contributed by atoms with Gasteiger partial charge in [-0.3, -0.25) is 10.1 Å². The number of imide groups is 1. The lowest BCUT2D eigenvalue weighted by Gasteiger charge is -2.08. The average Bonchev–Trinajstić information content (AvgIpc) is 3.13. The Morgan fingerprint density at radius 2 is 1.79 bits per heavy atom. The second-order valence-corrected chi connectivity index (χ2v) is 6.50. The Balaban J connectivity index is 1.56.